The normalized spacial score (nSPS) is 11.4. The first-order valence-electron chi connectivity index (χ1n) is 7.81. The molecule has 1 heterocycles. The van der Waals surface area contributed by atoms with Gasteiger partial charge >= 0.3 is 0 Å². The summed E-state index contributed by atoms with van der Waals surface area (Å²) in [6.45, 7) is 3.72. The van der Waals surface area contributed by atoms with Gasteiger partial charge in [0.15, 0.2) is 0 Å². The molecule has 1 aromatic heterocycles. The molecular weight excluding hydrogens is 370 g/mol. The van der Waals surface area contributed by atoms with Crippen LogP contribution in [-0.4, -0.2) is 21.7 Å². The highest BCUT2D eigenvalue weighted by molar-refractivity contribution is 7.17. The highest BCUT2D eigenvalue weighted by Gasteiger charge is 2.13. The average Bonchev–Trinajstić information content (AvgIpc) is 3.02. The summed E-state index contributed by atoms with van der Waals surface area (Å²) in [4.78, 5) is 17.6. The molecule has 0 aliphatic carbocycles. The zero-order chi connectivity index (χ0) is 18.7. The Labute approximate surface area is 160 Å². The van der Waals surface area contributed by atoms with Crippen LogP contribution in [0.25, 0.3) is 10.6 Å². The molecular formula is C19H16ClN3O2S. The zero-order valence-electron chi connectivity index (χ0n) is 14.2. The van der Waals surface area contributed by atoms with Crippen LogP contribution in [0.1, 0.15) is 27.9 Å². The predicted molar refractivity (Wildman–Crippen MR) is 105 cm³/mol. The summed E-state index contributed by atoms with van der Waals surface area (Å²) in [7, 11) is 0. The molecule has 0 saturated carbocycles. The first-order chi connectivity index (χ1) is 12.4. The highest BCUT2D eigenvalue weighted by atomic mass is 35.5. The maximum absolute atomic E-state index is 12.1. The van der Waals surface area contributed by atoms with Gasteiger partial charge in [-0.25, -0.2) is 10.4 Å². The molecule has 0 aliphatic rings. The lowest BCUT2D eigenvalue weighted by Gasteiger charge is -2.02. The monoisotopic (exact) mass is 385 g/mol. The second-order valence-electron chi connectivity index (χ2n) is 5.63. The number of nitrogens with zero attached hydrogens (tertiary/aromatic N) is 2. The van der Waals surface area contributed by atoms with Crippen LogP contribution in [0.15, 0.2) is 53.6 Å². The first-order valence-corrected chi connectivity index (χ1v) is 9.01. The van der Waals surface area contributed by atoms with Gasteiger partial charge in [0.05, 0.1) is 16.3 Å². The fourth-order valence-corrected chi connectivity index (χ4v) is 3.45. The molecule has 7 heteroatoms. The van der Waals surface area contributed by atoms with E-state index in [0.29, 0.717) is 16.3 Å². The van der Waals surface area contributed by atoms with Gasteiger partial charge in [0.25, 0.3) is 5.91 Å². The van der Waals surface area contributed by atoms with Crippen molar-refractivity contribution in [2.75, 3.05) is 0 Å². The van der Waals surface area contributed by atoms with E-state index >= 15 is 0 Å². The number of phenols is 1. The topological polar surface area (TPSA) is 74.6 Å². The molecule has 0 aliphatic heterocycles. The number of amides is 1. The molecule has 0 unspecified atom stereocenters. The lowest BCUT2D eigenvalue weighted by molar-refractivity contribution is 0.0955. The van der Waals surface area contributed by atoms with Gasteiger partial charge in [0, 0.05) is 16.1 Å². The van der Waals surface area contributed by atoms with Gasteiger partial charge in [0.2, 0.25) is 0 Å². The number of halogens is 1. The van der Waals surface area contributed by atoms with Crippen molar-refractivity contribution in [3.8, 4) is 16.3 Å². The number of carbonyl (C=O) groups excluding carboxylic acids is 1. The smallest absolute Gasteiger partial charge is 0.271 e. The number of carbonyl (C=O) groups is 1. The summed E-state index contributed by atoms with van der Waals surface area (Å²) < 4.78 is 0. The summed E-state index contributed by atoms with van der Waals surface area (Å²) in [6.07, 6.45) is 0. The standard InChI is InChI=1S/C19H16ClN3O2S/c1-11-17(26-19(21-11)14-5-9-16(24)10-6-14)12(2)22-23-18(25)13-3-7-15(20)8-4-13/h3-10,24H,1-2H3,(H,23,25)/b22-12+. The molecule has 26 heavy (non-hydrogen) atoms. The molecule has 0 bridgehead atoms. The van der Waals surface area contributed by atoms with Crippen molar-refractivity contribution in [2.45, 2.75) is 13.8 Å². The number of rotatable bonds is 4. The molecule has 0 fully saturated rings. The van der Waals surface area contributed by atoms with Crippen LogP contribution >= 0.6 is 22.9 Å². The number of hydrogen-bond donors (Lipinski definition) is 2. The Morgan fingerprint density at radius 1 is 1.15 bits per heavy atom. The zero-order valence-corrected chi connectivity index (χ0v) is 15.7. The van der Waals surface area contributed by atoms with E-state index in [4.69, 9.17) is 11.6 Å². The lowest BCUT2D eigenvalue weighted by atomic mass is 10.2. The molecule has 0 saturated heterocycles. The second kappa shape index (κ2) is 7.68. The van der Waals surface area contributed by atoms with E-state index in [1.165, 1.54) is 11.3 Å². The van der Waals surface area contributed by atoms with Gasteiger partial charge in [-0.2, -0.15) is 5.10 Å². The minimum atomic E-state index is -0.304. The minimum Gasteiger partial charge on any atom is -0.508 e. The lowest BCUT2D eigenvalue weighted by Crippen LogP contribution is -2.19. The summed E-state index contributed by atoms with van der Waals surface area (Å²) in [5.74, 6) is -0.0909. The molecule has 2 N–H and O–H groups in total. The fraction of sp³-hybridized carbons (Fsp3) is 0.105. The molecule has 0 radical (unpaired) electrons. The second-order valence-corrected chi connectivity index (χ2v) is 7.06. The summed E-state index contributed by atoms with van der Waals surface area (Å²) in [5, 5.41) is 15.0. The number of benzene rings is 2. The van der Waals surface area contributed by atoms with Crippen LogP contribution in [-0.2, 0) is 0 Å². The number of nitrogens with one attached hydrogen (secondary N) is 1. The third kappa shape index (κ3) is 4.09. The number of hydrogen-bond acceptors (Lipinski definition) is 5. The molecule has 132 valence electrons. The Bertz CT molecular complexity index is 963. The molecule has 3 rings (SSSR count). The maximum Gasteiger partial charge on any atom is 0.271 e. The fourth-order valence-electron chi connectivity index (χ4n) is 2.31. The molecule has 0 spiro atoms. The average molecular weight is 386 g/mol. The van der Waals surface area contributed by atoms with E-state index in [0.717, 1.165) is 21.1 Å². The van der Waals surface area contributed by atoms with Crippen molar-refractivity contribution in [3.63, 3.8) is 0 Å². The molecule has 2 aromatic carbocycles. The van der Waals surface area contributed by atoms with E-state index in [2.05, 4.69) is 15.5 Å². The van der Waals surface area contributed by atoms with Crippen molar-refractivity contribution in [1.29, 1.82) is 0 Å². The van der Waals surface area contributed by atoms with E-state index in [1.807, 2.05) is 26.0 Å². The van der Waals surface area contributed by atoms with Crippen molar-refractivity contribution in [1.82, 2.24) is 10.4 Å². The SMILES string of the molecule is C/C(=N\NC(=O)c1ccc(Cl)cc1)c1sc(-c2ccc(O)cc2)nc1C. The highest BCUT2D eigenvalue weighted by Crippen LogP contribution is 2.29. The quantitative estimate of drug-likeness (QED) is 0.507. The number of hydrazone groups is 1. The Hall–Kier alpha value is -2.70. The van der Waals surface area contributed by atoms with Gasteiger partial charge in [-0.1, -0.05) is 11.6 Å². The number of thiazole rings is 1. The maximum atomic E-state index is 12.1. The van der Waals surface area contributed by atoms with Crippen molar-refractivity contribution in [3.05, 3.63) is 69.7 Å². The Morgan fingerprint density at radius 3 is 2.46 bits per heavy atom. The summed E-state index contributed by atoms with van der Waals surface area (Å²) >= 11 is 7.31. The van der Waals surface area contributed by atoms with Crippen molar-refractivity contribution >= 4 is 34.6 Å². The Morgan fingerprint density at radius 2 is 1.81 bits per heavy atom. The summed E-state index contributed by atoms with van der Waals surface area (Å²) in [5.41, 5.74) is 5.46. The third-order valence-electron chi connectivity index (χ3n) is 3.67. The van der Waals surface area contributed by atoms with E-state index in [9.17, 15) is 9.90 Å². The van der Waals surface area contributed by atoms with Crippen molar-refractivity contribution < 1.29 is 9.90 Å². The van der Waals surface area contributed by atoms with Gasteiger partial charge in [-0.15, -0.1) is 11.3 Å². The molecule has 1 amide bonds. The van der Waals surface area contributed by atoms with Crippen LogP contribution < -0.4 is 5.43 Å². The van der Waals surface area contributed by atoms with Gasteiger partial charge in [-0.05, 0) is 62.4 Å². The largest absolute Gasteiger partial charge is 0.508 e. The number of aromatic nitrogens is 1. The molecule has 0 atom stereocenters. The molecule has 5 nitrogen and oxygen atoms in total. The number of aryl methyl sites for hydroxylation is 1. The summed E-state index contributed by atoms with van der Waals surface area (Å²) in [6, 6.07) is 13.5. The number of aromatic hydroxyl groups is 1. The van der Waals surface area contributed by atoms with Crippen LogP contribution in [0.4, 0.5) is 0 Å². The molecule has 3 aromatic rings. The van der Waals surface area contributed by atoms with E-state index < -0.39 is 0 Å². The van der Waals surface area contributed by atoms with Crippen LogP contribution in [0.2, 0.25) is 5.02 Å². The Kier molecular flexibility index (Phi) is 5.35. The minimum absolute atomic E-state index is 0.213. The first kappa shape index (κ1) is 18.1. The van der Waals surface area contributed by atoms with Crippen LogP contribution in [0.3, 0.4) is 0 Å². The van der Waals surface area contributed by atoms with E-state index in [-0.39, 0.29) is 11.7 Å². The third-order valence-corrected chi connectivity index (χ3v) is 5.24. The van der Waals surface area contributed by atoms with Crippen LogP contribution in [0, 0.1) is 6.92 Å². The van der Waals surface area contributed by atoms with Gasteiger partial charge in [-0.3, -0.25) is 4.79 Å². The van der Waals surface area contributed by atoms with E-state index in [1.54, 1.807) is 36.4 Å². The van der Waals surface area contributed by atoms with Crippen LogP contribution in [0.5, 0.6) is 5.75 Å². The van der Waals surface area contributed by atoms with Gasteiger partial charge in [0.1, 0.15) is 10.8 Å². The predicted octanol–water partition coefficient (Wildman–Crippen LogP) is 4.63. The van der Waals surface area contributed by atoms with Crippen molar-refractivity contribution in [2.24, 2.45) is 5.10 Å². The van der Waals surface area contributed by atoms with Gasteiger partial charge < -0.3 is 5.11 Å². The Balaban J connectivity index is 1.77. The number of phenolic OH excluding ortho intramolecular Hbond substituents is 1.